The van der Waals surface area contributed by atoms with Gasteiger partial charge in [-0.25, -0.2) is 9.97 Å². The molecular formula is C18H21N3O3. The Morgan fingerprint density at radius 1 is 1.25 bits per heavy atom. The van der Waals surface area contributed by atoms with Gasteiger partial charge in [0.25, 0.3) is 0 Å². The molecule has 0 saturated carbocycles. The van der Waals surface area contributed by atoms with E-state index in [1.54, 1.807) is 18.5 Å². The standard InChI is InChI=1S/C18H21N3O3/c1-13-4-2-5-14(12-13)16(17(22)23)21-10-6-15(7-11-21)24-18-19-8-3-9-20-18/h2-5,8-9,12,15-16H,6-7,10-11H2,1H3,(H,22,23)/t16-/m1/s1. The van der Waals surface area contributed by atoms with Gasteiger partial charge in [0.05, 0.1) is 0 Å². The SMILES string of the molecule is Cc1cccc([C@H](C(=O)O)N2CCC(Oc3ncccn3)CC2)c1. The zero-order chi connectivity index (χ0) is 16.9. The monoisotopic (exact) mass is 327 g/mol. The van der Waals surface area contributed by atoms with Gasteiger partial charge in [-0.05, 0) is 31.4 Å². The van der Waals surface area contributed by atoms with Crippen molar-refractivity contribution in [2.45, 2.75) is 31.9 Å². The minimum Gasteiger partial charge on any atom is -0.480 e. The van der Waals surface area contributed by atoms with Crippen molar-refractivity contribution in [3.8, 4) is 6.01 Å². The van der Waals surface area contributed by atoms with Crippen LogP contribution in [0.1, 0.15) is 30.0 Å². The van der Waals surface area contributed by atoms with E-state index >= 15 is 0 Å². The number of hydrogen-bond acceptors (Lipinski definition) is 5. The Kier molecular flexibility index (Phi) is 5.05. The maximum atomic E-state index is 11.8. The number of ether oxygens (including phenoxy) is 1. The molecule has 0 radical (unpaired) electrons. The van der Waals surface area contributed by atoms with Crippen molar-refractivity contribution in [1.82, 2.24) is 14.9 Å². The van der Waals surface area contributed by atoms with E-state index < -0.39 is 12.0 Å². The molecule has 1 aromatic carbocycles. The Morgan fingerprint density at radius 3 is 2.58 bits per heavy atom. The summed E-state index contributed by atoms with van der Waals surface area (Å²) in [6.45, 7) is 3.31. The Hall–Kier alpha value is -2.47. The number of rotatable bonds is 5. The average molecular weight is 327 g/mol. The lowest BCUT2D eigenvalue weighted by molar-refractivity contribution is -0.144. The van der Waals surface area contributed by atoms with Crippen LogP contribution in [0.3, 0.4) is 0 Å². The van der Waals surface area contributed by atoms with Crippen LogP contribution < -0.4 is 4.74 Å². The van der Waals surface area contributed by atoms with Gasteiger partial charge in [-0.3, -0.25) is 9.69 Å². The van der Waals surface area contributed by atoms with Crippen LogP contribution in [0.15, 0.2) is 42.7 Å². The third-order valence-electron chi connectivity index (χ3n) is 4.25. The number of piperidine rings is 1. The molecule has 1 saturated heterocycles. The van der Waals surface area contributed by atoms with Gasteiger partial charge in [-0.1, -0.05) is 29.8 Å². The molecule has 1 atom stereocenters. The predicted molar refractivity (Wildman–Crippen MR) is 88.8 cm³/mol. The molecule has 24 heavy (non-hydrogen) atoms. The van der Waals surface area contributed by atoms with Gasteiger partial charge in [0, 0.05) is 25.5 Å². The molecule has 0 bridgehead atoms. The van der Waals surface area contributed by atoms with Crippen molar-refractivity contribution in [2.75, 3.05) is 13.1 Å². The number of carboxylic acids is 1. The molecule has 0 amide bonds. The van der Waals surface area contributed by atoms with Crippen molar-refractivity contribution >= 4 is 5.97 Å². The number of benzene rings is 1. The molecule has 0 unspecified atom stereocenters. The summed E-state index contributed by atoms with van der Waals surface area (Å²) < 4.78 is 5.77. The molecule has 6 nitrogen and oxygen atoms in total. The Bertz CT molecular complexity index is 685. The van der Waals surface area contributed by atoms with Gasteiger partial charge in [0.15, 0.2) is 0 Å². The molecule has 2 aromatic rings. The summed E-state index contributed by atoms with van der Waals surface area (Å²) in [4.78, 5) is 21.9. The van der Waals surface area contributed by atoms with Crippen molar-refractivity contribution < 1.29 is 14.6 Å². The van der Waals surface area contributed by atoms with E-state index in [-0.39, 0.29) is 6.10 Å². The first-order chi connectivity index (χ1) is 11.6. The first-order valence-corrected chi connectivity index (χ1v) is 8.10. The van der Waals surface area contributed by atoms with E-state index in [0.717, 1.165) is 24.0 Å². The van der Waals surface area contributed by atoms with Gasteiger partial charge < -0.3 is 9.84 Å². The Balaban J connectivity index is 1.64. The number of hydrogen-bond donors (Lipinski definition) is 1. The molecule has 3 rings (SSSR count). The van der Waals surface area contributed by atoms with Crippen LogP contribution in [0.4, 0.5) is 0 Å². The molecule has 0 aliphatic carbocycles. The van der Waals surface area contributed by atoms with Crippen molar-refractivity contribution in [2.24, 2.45) is 0 Å². The fraction of sp³-hybridized carbons (Fsp3) is 0.389. The topological polar surface area (TPSA) is 75.5 Å². The number of carboxylic acid groups (broad SMARTS) is 1. The van der Waals surface area contributed by atoms with Crippen LogP contribution in [-0.2, 0) is 4.79 Å². The lowest BCUT2D eigenvalue weighted by Gasteiger charge is -2.35. The summed E-state index contributed by atoms with van der Waals surface area (Å²) in [5.41, 5.74) is 1.89. The highest BCUT2D eigenvalue weighted by atomic mass is 16.5. The number of aromatic nitrogens is 2. The van der Waals surface area contributed by atoms with E-state index in [0.29, 0.717) is 19.1 Å². The lowest BCUT2D eigenvalue weighted by atomic mass is 9.99. The summed E-state index contributed by atoms with van der Waals surface area (Å²) in [6, 6.07) is 9.22. The number of likely N-dealkylation sites (tertiary alicyclic amines) is 1. The summed E-state index contributed by atoms with van der Waals surface area (Å²) in [7, 11) is 0. The van der Waals surface area contributed by atoms with Crippen LogP contribution in [0.5, 0.6) is 6.01 Å². The van der Waals surface area contributed by atoms with Gasteiger partial charge in [-0.15, -0.1) is 0 Å². The molecule has 1 N–H and O–H groups in total. The normalized spacial score (nSPS) is 17.4. The Labute approximate surface area is 141 Å². The summed E-state index contributed by atoms with van der Waals surface area (Å²) in [6.07, 6.45) is 4.84. The van der Waals surface area contributed by atoms with Crippen molar-refractivity contribution in [3.63, 3.8) is 0 Å². The highest BCUT2D eigenvalue weighted by molar-refractivity contribution is 5.75. The molecule has 1 fully saturated rings. The fourth-order valence-corrected chi connectivity index (χ4v) is 3.10. The van der Waals surface area contributed by atoms with Crippen LogP contribution >= 0.6 is 0 Å². The van der Waals surface area contributed by atoms with Crippen molar-refractivity contribution in [3.05, 3.63) is 53.9 Å². The molecular weight excluding hydrogens is 306 g/mol. The van der Waals surface area contributed by atoms with Gasteiger partial charge in [0.2, 0.25) is 0 Å². The van der Waals surface area contributed by atoms with Crippen molar-refractivity contribution in [1.29, 1.82) is 0 Å². The second-order valence-electron chi connectivity index (χ2n) is 6.04. The number of aryl methyl sites for hydroxylation is 1. The minimum absolute atomic E-state index is 0.0237. The maximum absolute atomic E-state index is 11.8. The van der Waals surface area contributed by atoms with E-state index in [4.69, 9.17) is 4.74 Å². The largest absolute Gasteiger partial charge is 0.480 e. The molecule has 1 aliphatic rings. The Morgan fingerprint density at radius 2 is 1.96 bits per heavy atom. The van der Waals surface area contributed by atoms with Gasteiger partial charge in [0.1, 0.15) is 12.1 Å². The fourth-order valence-electron chi connectivity index (χ4n) is 3.10. The van der Waals surface area contributed by atoms with Gasteiger partial charge in [-0.2, -0.15) is 0 Å². The highest BCUT2D eigenvalue weighted by Crippen LogP contribution is 2.26. The molecule has 1 aromatic heterocycles. The summed E-state index contributed by atoms with van der Waals surface area (Å²) >= 11 is 0. The van der Waals surface area contributed by atoms with Crippen LogP contribution in [0.25, 0.3) is 0 Å². The molecule has 1 aliphatic heterocycles. The first kappa shape index (κ1) is 16.4. The summed E-state index contributed by atoms with van der Waals surface area (Å²) in [5.74, 6) is -0.814. The zero-order valence-electron chi connectivity index (χ0n) is 13.6. The molecule has 126 valence electrons. The maximum Gasteiger partial charge on any atom is 0.325 e. The van der Waals surface area contributed by atoms with E-state index in [1.165, 1.54) is 0 Å². The third kappa shape index (κ3) is 3.89. The van der Waals surface area contributed by atoms with E-state index in [9.17, 15) is 9.90 Å². The summed E-state index contributed by atoms with van der Waals surface area (Å²) in [5, 5.41) is 9.68. The lowest BCUT2D eigenvalue weighted by Crippen LogP contribution is -2.43. The van der Waals surface area contributed by atoms with Gasteiger partial charge >= 0.3 is 12.0 Å². The number of carbonyl (C=O) groups is 1. The minimum atomic E-state index is -0.814. The predicted octanol–water partition coefficient (Wildman–Crippen LogP) is 2.45. The molecule has 0 spiro atoms. The molecule has 2 heterocycles. The first-order valence-electron chi connectivity index (χ1n) is 8.10. The van der Waals surface area contributed by atoms with E-state index in [1.807, 2.05) is 36.1 Å². The molecule has 6 heteroatoms. The van der Waals surface area contributed by atoms with Crippen LogP contribution in [0, 0.1) is 6.92 Å². The third-order valence-corrected chi connectivity index (χ3v) is 4.25. The highest BCUT2D eigenvalue weighted by Gasteiger charge is 2.31. The van der Waals surface area contributed by atoms with E-state index in [2.05, 4.69) is 9.97 Å². The zero-order valence-corrected chi connectivity index (χ0v) is 13.6. The second-order valence-corrected chi connectivity index (χ2v) is 6.04. The average Bonchev–Trinajstić information content (AvgIpc) is 2.57. The number of nitrogens with zero attached hydrogens (tertiary/aromatic N) is 3. The number of aliphatic carboxylic acids is 1. The quantitative estimate of drug-likeness (QED) is 0.909. The van der Waals surface area contributed by atoms with Crippen LogP contribution in [-0.4, -0.2) is 45.1 Å². The second kappa shape index (κ2) is 7.40. The van der Waals surface area contributed by atoms with Crippen LogP contribution in [0.2, 0.25) is 0 Å². The smallest absolute Gasteiger partial charge is 0.325 e.